The molecule has 0 aliphatic heterocycles. The molecule has 9 N–H and O–H groups in total. The zero-order valence-corrected chi connectivity index (χ0v) is 9.66. The third kappa shape index (κ3) is 53.1. The lowest BCUT2D eigenvalue weighted by atomic mass is 10.2. The Bertz CT molecular complexity index is 235. The number of aldehydes is 2. The minimum atomic E-state index is -0.690. The summed E-state index contributed by atoms with van der Waals surface area (Å²) in [4.78, 5) is 23.2. The molecule has 0 aromatic heterocycles. The van der Waals surface area contributed by atoms with Crippen LogP contribution in [0.4, 0.5) is 0 Å². The van der Waals surface area contributed by atoms with Crippen molar-refractivity contribution in [1.82, 2.24) is 0 Å². The van der Waals surface area contributed by atoms with E-state index in [2.05, 4.69) is 4.99 Å². The highest BCUT2D eigenvalue weighted by atomic mass is 16.3. The average molecular weight is 344 g/mol. The number of aliphatic imine (C=N–C) groups is 1. The summed E-state index contributed by atoms with van der Waals surface area (Å²) in [5, 5.41) is 7.98. The minimum absolute atomic E-state index is 0. The number of rotatable bonds is 7. The van der Waals surface area contributed by atoms with Crippen LogP contribution >= 0.6 is 0 Å². The van der Waals surface area contributed by atoms with Crippen molar-refractivity contribution >= 4 is 18.5 Å². The number of hydrogen-bond donors (Lipinski definition) is 5. The topological polar surface area (TPSA) is 171 Å². The van der Waals surface area contributed by atoms with Gasteiger partial charge in [-0.15, -0.1) is 0 Å². The van der Waals surface area contributed by atoms with E-state index in [0.717, 1.165) is 12.7 Å². The van der Waals surface area contributed by atoms with Crippen LogP contribution < -0.4 is 22.9 Å². The number of aliphatic hydroxyl groups excluding tert-OH is 1. The van der Waals surface area contributed by atoms with Crippen molar-refractivity contribution in [1.29, 1.82) is 0 Å². The van der Waals surface area contributed by atoms with E-state index in [4.69, 9.17) is 28.0 Å². The van der Waals surface area contributed by atoms with E-state index in [-0.39, 0.29) is 63.2 Å². The van der Waals surface area contributed by atoms with E-state index in [9.17, 15) is 9.59 Å². The summed E-state index contributed by atoms with van der Waals surface area (Å²) >= 11 is 0. The van der Waals surface area contributed by atoms with E-state index in [1.54, 1.807) is 0 Å². The highest BCUT2D eigenvalue weighted by Gasteiger charge is 1.97. The molecule has 0 unspecified atom stereocenters. The van der Waals surface area contributed by atoms with Crippen molar-refractivity contribution in [2.24, 2.45) is 27.9 Å². The standard InChI is InChI=1S/C6H14N4O.C3H7NO2.6CH4/c7-5(4-11)2-1-3-10-6(8)9;4-3(1-5)2-6;;;;;;/h4-5H,1-3,7H2,(H4,8,9,10);1,3,6H,2,4H2;6*1H4/t5-;3-;;;;;;/m10....../s1. The van der Waals surface area contributed by atoms with Crippen LogP contribution in [0.2, 0.25) is 0 Å². The Morgan fingerprint density at radius 2 is 1.30 bits per heavy atom. The zero-order valence-electron chi connectivity index (χ0n) is 9.66. The summed E-state index contributed by atoms with van der Waals surface area (Å²) < 4.78 is 0. The van der Waals surface area contributed by atoms with Crippen LogP contribution in [0.3, 0.4) is 0 Å². The molecular formula is C15H45N5O3. The van der Waals surface area contributed by atoms with Gasteiger partial charge < -0.3 is 37.6 Å². The maximum absolute atomic E-state index is 10.0. The Balaban J connectivity index is -0.0000000282. The van der Waals surface area contributed by atoms with E-state index in [1.807, 2.05) is 0 Å². The van der Waals surface area contributed by atoms with E-state index < -0.39 is 6.04 Å². The molecule has 0 bridgehead atoms. The van der Waals surface area contributed by atoms with Gasteiger partial charge in [0.05, 0.1) is 18.7 Å². The van der Waals surface area contributed by atoms with Gasteiger partial charge in [-0.05, 0) is 12.8 Å². The molecule has 0 fully saturated rings. The normalized spacial score (nSPS) is 9.35. The van der Waals surface area contributed by atoms with Crippen LogP contribution in [0, 0.1) is 0 Å². The molecule has 8 heteroatoms. The van der Waals surface area contributed by atoms with Crippen molar-refractivity contribution < 1.29 is 14.7 Å². The Kier molecular flexibility index (Phi) is 79.9. The molecule has 8 nitrogen and oxygen atoms in total. The molecule has 0 spiro atoms. The predicted molar refractivity (Wildman–Crippen MR) is 105 cm³/mol. The molecule has 0 saturated carbocycles. The first kappa shape index (κ1) is 49.6. The van der Waals surface area contributed by atoms with Crippen molar-refractivity contribution in [3.63, 3.8) is 0 Å². The number of guanidine groups is 1. The number of carbonyl (C=O) groups is 2. The Labute approximate surface area is 144 Å². The molecular weight excluding hydrogens is 298 g/mol. The fourth-order valence-corrected chi connectivity index (χ4v) is 0.646. The van der Waals surface area contributed by atoms with Gasteiger partial charge in [0.2, 0.25) is 0 Å². The smallest absolute Gasteiger partial charge is 0.185 e. The molecule has 2 atom stereocenters. The zero-order chi connectivity index (χ0) is 13.7. The van der Waals surface area contributed by atoms with Crippen LogP contribution in [0.1, 0.15) is 57.4 Å². The fourth-order valence-electron chi connectivity index (χ4n) is 0.646. The maximum atomic E-state index is 10.0. The Morgan fingerprint density at radius 3 is 1.52 bits per heavy atom. The molecule has 0 saturated heterocycles. The van der Waals surface area contributed by atoms with Gasteiger partial charge in [-0.25, -0.2) is 0 Å². The first-order chi connectivity index (χ1) is 7.97. The molecule has 0 aromatic carbocycles. The van der Waals surface area contributed by atoms with E-state index in [1.165, 1.54) is 0 Å². The number of nitrogens with two attached hydrogens (primary N) is 4. The van der Waals surface area contributed by atoms with Crippen LogP contribution in [-0.2, 0) is 9.59 Å². The van der Waals surface area contributed by atoms with Crippen molar-refractivity contribution in [2.45, 2.75) is 69.5 Å². The highest BCUT2D eigenvalue weighted by molar-refractivity contribution is 5.75. The Hall–Kier alpha value is -1.51. The van der Waals surface area contributed by atoms with Crippen LogP contribution in [-0.4, -0.2) is 48.9 Å². The lowest BCUT2D eigenvalue weighted by Crippen LogP contribution is -2.25. The fraction of sp³-hybridized carbons (Fsp3) is 0.800. The van der Waals surface area contributed by atoms with Gasteiger partial charge >= 0.3 is 0 Å². The van der Waals surface area contributed by atoms with Crippen molar-refractivity contribution in [2.75, 3.05) is 13.2 Å². The summed E-state index contributed by atoms with van der Waals surface area (Å²) in [7, 11) is 0. The van der Waals surface area contributed by atoms with Gasteiger partial charge in [0.15, 0.2) is 5.96 Å². The molecule has 0 aliphatic rings. The lowest BCUT2D eigenvalue weighted by molar-refractivity contribution is -0.110. The minimum Gasteiger partial charge on any atom is -0.394 e. The second-order valence-electron chi connectivity index (χ2n) is 3.23. The molecule has 0 amide bonds. The second kappa shape index (κ2) is 37.1. The van der Waals surface area contributed by atoms with Crippen LogP contribution in [0.25, 0.3) is 0 Å². The average Bonchev–Trinajstić information content (AvgIpc) is 2.33. The SMILES string of the molecule is C.C.C.C.C.C.NC(N)=NCCC[C@@H](N)C=O.N[C@@H](C=O)CO. The van der Waals surface area contributed by atoms with Gasteiger partial charge in [-0.1, -0.05) is 44.6 Å². The van der Waals surface area contributed by atoms with Crippen LogP contribution in [0.5, 0.6) is 0 Å². The van der Waals surface area contributed by atoms with Crippen molar-refractivity contribution in [3.8, 4) is 0 Å². The second-order valence-corrected chi connectivity index (χ2v) is 3.23. The van der Waals surface area contributed by atoms with Gasteiger partial charge in [0.25, 0.3) is 0 Å². The summed E-state index contributed by atoms with van der Waals surface area (Å²) in [6, 6.07) is -1.07. The first-order valence-electron chi connectivity index (χ1n) is 5.05. The quantitative estimate of drug-likeness (QED) is 0.197. The number of carbonyl (C=O) groups excluding carboxylic acids is 2. The van der Waals surface area contributed by atoms with E-state index in [0.29, 0.717) is 19.3 Å². The summed E-state index contributed by atoms with van der Waals surface area (Å²) in [5.41, 5.74) is 20.3. The monoisotopic (exact) mass is 343 g/mol. The molecule has 0 heterocycles. The van der Waals surface area contributed by atoms with Gasteiger partial charge in [-0.2, -0.15) is 0 Å². The number of nitrogens with zero attached hydrogens (tertiary/aromatic N) is 1. The molecule has 0 rings (SSSR count). The van der Waals surface area contributed by atoms with Crippen molar-refractivity contribution in [3.05, 3.63) is 0 Å². The first-order valence-corrected chi connectivity index (χ1v) is 5.05. The highest BCUT2D eigenvalue weighted by Crippen LogP contribution is 1.91. The molecule has 0 aliphatic carbocycles. The number of aliphatic hydroxyl groups is 1. The number of hydrogen-bond acceptors (Lipinski definition) is 6. The Morgan fingerprint density at radius 1 is 0.913 bits per heavy atom. The molecule has 0 aromatic rings. The largest absolute Gasteiger partial charge is 0.394 e. The van der Waals surface area contributed by atoms with E-state index >= 15 is 0 Å². The van der Waals surface area contributed by atoms with Gasteiger partial charge in [0.1, 0.15) is 12.6 Å². The summed E-state index contributed by atoms with van der Waals surface area (Å²) in [6.07, 6.45) is 2.58. The maximum Gasteiger partial charge on any atom is 0.185 e. The lowest BCUT2D eigenvalue weighted by Gasteiger charge is -2.00. The molecule has 0 radical (unpaired) electrons. The third-order valence-corrected chi connectivity index (χ3v) is 1.55. The summed E-state index contributed by atoms with van der Waals surface area (Å²) in [6.45, 7) is 0.271. The predicted octanol–water partition coefficient (Wildman–Crippen LogP) is 0.888. The van der Waals surface area contributed by atoms with Gasteiger partial charge in [-0.3, -0.25) is 4.99 Å². The molecule has 23 heavy (non-hydrogen) atoms. The third-order valence-electron chi connectivity index (χ3n) is 1.55. The molecule has 148 valence electrons. The van der Waals surface area contributed by atoms with Crippen LogP contribution in [0.15, 0.2) is 4.99 Å². The summed E-state index contributed by atoms with van der Waals surface area (Å²) in [5.74, 6) is 0.0738. The van der Waals surface area contributed by atoms with Gasteiger partial charge in [0, 0.05) is 6.54 Å².